The van der Waals surface area contributed by atoms with Crippen molar-refractivity contribution in [3.05, 3.63) is 17.2 Å². The summed E-state index contributed by atoms with van der Waals surface area (Å²) in [5.74, 6) is 1.64. The zero-order valence-corrected chi connectivity index (χ0v) is 11.8. The third-order valence-corrected chi connectivity index (χ3v) is 5.30. The number of ether oxygens (including phenoxy) is 2. The van der Waals surface area contributed by atoms with Gasteiger partial charge in [0.05, 0.1) is 22.2 Å². The number of hydrogen-bond donors (Lipinski definition) is 1. The van der Waals surface area contributed by atoms with E-state index in [2.05, 4.69) is 5.32 Å². The molecule has 1 unspecified atom stereocenters. The molecule has 1 aromatic carbocycles. The van der Waals surface area contributed by atoms with Crippen LogP contribution in [-0.2, 0) is 9.84 Å². The average Bonchev–Trinajstić information content (AvgIpc) is 2.70. The first-order chi connectivity index (χ1) is 9.03. The molecular formula is C12H14ClNO4S. The molecule has 0 radical (unpaired) electrons. The molecule has 1 aromatic rings. The molecule has 2 heterocycles. The Labute approximate surface area is 116 Å². The van der Waals surface area contributed by atoms with Gasteiger partial charge in [0.1, 0.15) is 13.2 Å². The van der Waals surface area contributed by atoms with Crippen molar-refractivity contribution in [3.8, 4) is 11.5 Å². The van der Waals surface area contributed by atoms with E-state index in [0.29, 0.717) is 41.8 Å². The summed E-state index contributed by atoms with van der Waals surface area (Å²) in [6.45, 7) is 1.02. The van der Waals surface area contributed by atoms with Gasteiger partial charge in [-0.1, -0.05) is 11.6 Å². The fraction of sp³-hybridized carbons (Fsp3) is 0.500. The average molecular weight is 304 g/mol. The van der Waals surface area contributed by atoms with Crippen LogP contribution in [0.5, 0.6) is 11.5 Å². The highest BCUT2D eigenvalue weighted by Gasteiger charge is 2.28. The molecule has 5 nitrogen and oxygen atoms in total. The predicted molar refractivity (Wildman–Crippen MR) is 73.1 cm³/mol. The highest BCUT2D eigenvalue weighted by Crippen LogP contribution is 2.38. The minimum absolute atomic E-state index is 0.0925. The zero-order chi connectivity index (χ0) is 13.5. The zero-order valence-electron chi connectivity index (χ0n) is 10.2. The van der Waals surface area contributed by atoms with Gasteiger partial charge in [-0.15, -0.1) is 0 Å². The van der Waals surface area contributed by atoms with E-state index >= 15 is 0 Å². The van der Waals surface area contributed by atoms with E-state index in [9.17, 15) is 8.42 Å². The van der Waals surface area contributed by atoms with Crippen molar-refractivity contribution in [2.24, 2.45) is 0 Å². The van der Waals surface area contributed by atoms with Crippen LogP contribution < -0.4 is 14.8 Å². The highest BCUT2D eigenvalue weighted by atomic mass is 35.5. The minimum Gasteiger partial charge on any atom is -0.486 e. The van der Waals surface area contributed by atoms with Crippen molar-refractivity contribution in [1.29, 1.82) is 0 Å². The van der Waals surface area contributed by atoms with Gasteiger partial charge < -0.3 is 14.8 Å². The van der Waals surface area contributed by atoms with Crippen LogP contribution in [0.25, 0.3) is 0 Å². The van der Waals surface area contributed by atoms with Crippen molar-refractivity contribution >= 4 is 27.1 Å². The topological polar surface area (TPSA) is 64.6 Å². The van der Waals surface area contributed by atoms with Crippen LogP contribution in [0, 0.1) is 0 Å². The molecule has 1 N–H and O–H groups in total. The lowest BCUT2D eigenvalue weighted by Gasteiger charge is -2.21. The molecule has 2 aliphatic rings. The number of hydrogen-bond acceptors (Lipinski definition) is 5. The smallest absolute Gasteiger partial charge is 0.163 e. The molecule has 0 saturated carbocycles. The number of anilines is 1. The summed E-state index contributed by atoms with van der Waals surface area (Å²) in [6.07, 6.45) is 0.604. The van der Waals surface area contributed by atoms with Gasteiger partial charge in [0.15, 0.2) is 21.3 Å². The van der Waals surface area contributed by atoms with Gasteiger partial charge in [0.25, 0.3) is 0 Å². The molecule has 0 bridgehead atoms. The van der Waals surface area contributed by atoms with Gasteiger partial charge in [-0.05, 0) is 6.42 Å². The summed E-state index contributed by atoms with van der Waals surface area (Å²) in [6, 6.07) is 3.37. The van der Waals surface area contributed by atoms with E-state index in [0.717, 1.165) is 0 Å². The number of fused-ring (bicyclic) bond motifs is 1. The Morgan fingerprint density at radius 1 is 1.21 bits per heavy atom. The molecule has 104 valence electrons. The van der Waals surface area contributed by atoms with Gasteiger partial charge in [-0.2, -0.15) is 0 Å². The van der Waals surface area contributed by atoms with Crippen LogP contribution >= 0.6 is 11.6 Å². The number of nitrogens with one attached hydrogen (secondary N) is 1. The molecule has 0 spiro atoms. The van der Waals surface area contributed by atoms with Crippen molar-refractivity contribution < 1.29 is 17.9 Å². The lowest BCUT2D eigenvalue weighted by molar-refractivity contribution is 0.171. The molecular weight excluding hydrogens is 290 g/mol. The van der Waals surface area contributed by atoms with Gasteiger partial charge in [0, 0.05) is 18.2 Å². The first-order valence-electron chi connectivity index (χ1n) is 6.10. The third-order valence-electron chi connectivity index (χ3n) is 3.22. The second kappa shape index (κ2) is 4.76. The van der Waals surface area contributed by atoms with Crippen LogP contribution in [0.3, 0.4) is 0 Å². The Bertz CT molecular complexity index is 602. The molecule has 0 aromatic heterocycles. The SMILES string of the molecule is O=S1(=O)CCC(Nc2cc3c(cc2Cl)OCCO3)C1. The van der Waals surface area contributed by atoms with Gasteiger partial charge >= 0.3 is 0 Å². The highest BCUT2D eigenvalue weighted by molar-refractivity contribution is 7.91. The number of sulfone groups is 1. The van der Waals surface area contributed by atoms with Gasteiger partial charge in [-0.3, -0.25) is 0 Å². The standard InChI is InChI=1S/C12H14ClNO4S/c13-9-5-11-12(18-3-2-17-11)6-10(9)14-8-1-4-19(15,16)7-8/h5-6,8,14H,1-4,7H2. The Morgan fingerprint density at radius 3 is 2.53 bits per heavy atom. The fourth-order valence-electron chi connectivity index (χ4n) is 2.30. The van der Waals surface area contributed by atoms with Crippen LogP contribution in [0.15, 0.2) is 12.1 Å². The number of halogens is 1. The molecule has 1 saturated heterocycles. The normalized spacial score (nSPS) is 24.2. The minimum atomic E-state index is -2.91. The summed E-state index contributed by atoms with van der Waals surface area (Å²) >= 11 is 6.16. The molecule has 7 heteroatoms. The summed E-state index contributed by atoms with van der Waals surface area (Å²) in [7, 11) is -2.91. The van der Waals surface area contributed by atoms with Crippen LogP contribution in [0.4, 0.5) is 5.69 Å². The van der Waals surface area contributed by atoms with E-state index in [1.807, 2.05) is 0 Å². The first kappa shape index (κ1) is 12.9. The van der Waals surface area contributed by atoms with Crippen molar-refractivity contribution in [2.45, 2.75) is 12.5 Å². The lowest BCUT2D eigenvalue weighted by Crippen LogP contribution is -2.21. The Hall–Kier alpha value is -1.14. The summed E-state index contributed by atoms with van der Waals surface area (Å²) < 4.78 is 33.8. The van der Waals surface area contributed by atoms with E-state index in [1.54, 1.807) is 12.1 Å². The van der Waals surface area contributed by atoms with Crippen molar-refractivity contribution in [2.75, 3.05) is 30.0 Å². The Balaban J connectivity index is 1.81. The van der Waals surface area contributed by atoms with Crippen molar-refractivity contribution in [3.63, 3.8) is 0 Å². The second-order valence-corrected chi connectivity index (χ2v) is 7.36. The molecule has 3 rings (SSSR count). The van der Waals surface area contributed by atoms with E-state index in [-0.39, 0.29) is 17.5 Å². The van der Waals surface area contributed by atoms with Gasteiger partial charge in [0.2, 0.25) is 0 Å². The van der Waals surface area contributed by atoms with E-state index < -0.39 is 9.84 Å². The summed E-state index contributed by atoms with van der Waals surface area (Å²) in [4.78, 5) is 0. The molecule has 1 fully saturated rings. The lowest BCUT2D eigenvalue weighted by atomic mass is 10.2. The van der Waals surface area contributed by atoms with Crippen LogP contribution in [0.1, 0.15) is 6.42 Å². The molecule has 1 atom stereocenters. The van der Waals surface area contributed by atoms with Crippen LogP contribution in [-0.4, -0.2) is 39.2 Å². The first-order valence-corrected chi connectivity index (χ1v) is 8.29. The molecule has 0 aliphatic carbocycles. The van der Waals surface area contributed by atoms with Crippen molar-refractivity contribution in [1.82, 2.24) is 0 Å². The summed E-state index contributed by atoms with van der Waals surface area (Å²) in [5, 5.41) is 3.68. The maximum atomic E-state index is 11.4. The van der Waals surface area contributed by atoms with E-state index in [1.165, 1.54) is 0 Å². The van der Waals surface area contributed by atoms with E-state index in [4.69, 9.17) is 21.1 Å². The van der Waals surface area contributed by atoms with Gasteiger partial charge in [-0.25, -0.2) is 8.42 Å². The Kier molecular flexibility index (Phi) is 3.22. The molecule has 19 heavy (non-hydrogen) atoms. The maximum Gasteiger partial charge on any atom is 0.163 e. The monoisotopic (exact) mass is 303 g/mol. The quantitative estimate of drug-likeness (QED) is 0.901. The van der Waals surface area contributed by atoms with Crippen LogP contribution in [0.2, 0.25) is 5.02 Å². The maximum absolute atomic E-state index is 11.4. The third kappa shape index (κ3) is 2.74. The number of benzene rings is 1. The Morgan fingerprint density at radius 2 is 1.89 bits per heavy atom. The number of rotatable bonds is 2. The molecule has 0 amide bonds. The molecule has 2 aliphatic heterocycles. The predicted octanol–water partition coefficient (Wildman–Crippen LogP) is 1.71. The summed E-state index contributed by atoms with van der Waals surface area (Å²) in [5.41, 5.74) is 0.688. The largest absolute Gasteiger partial charge is 0.486 e. The second-order valence-electron chi connectivity index (χ2n) is 4.72. The fourth-order valence-corrected chi connectivity index (χ4v) is 4.18.